The summed E-state index contributed by atoms with van der Waals surface area (Å²) in [5.41, 5.74) is 5.28. The van der Waals surface area contributed by atoms with Crippen molar-refractivity contribution in [2.24, 2.45) is 11.7 Å². The van der Waals surface area contributed by atoms with Crippen molar-refractivity contribution in [1.29, 1.82) is 0 Å². The third-order valence-electron chi connectivity index (χ3n) is 4.04. The highest BCUT2D eigenvalue weighted by Crippen LogP contribution is 2.21. The number of aliphatic hydroxyl groups excluding tert-OH is 1. The highest BCUT2D eigenvalue weighted by atomic mass is 16.3. The Balaban J connectivity index is 2.41. The molecule has 1 heterocycles. The average molecular weight is 299 g/mol. The molecule has 6 nitrogen and oxygen atoms in total. The Kier molecular flexibility index (Phi) is 7.11. The van der Waals surface area contributed by atoms with Gasteiger partial charge in [0.15, 0.2) is 0 Å². The Morgan fingerprint density at radius 3 is 2.52 bits per heavy atom. The van der Waals surface area contributed by atoms with Gasteiger partial charge in [-0.1, -0.05) is 13.3 Å². The lowest BCUT2D eigenvalue weighted by molar-refractivity contribution is -0.140. The zero-order valence-electron chi connectivity index (χ0n) is 13.2. The van der Waals surface area contributed by atoms with Crippen molar-refractivity contribution in [3.05, 3.63) is 0 Å². The topological polar surface area (TPSA) is 95.7 Å². The van der Waals surface area contributed by atoms with Gasteiger partial charge in [-0.3, -0.25) is 9.59 Å². The van der Waals surface area contributed by atoms with Gasteiger partial charge in [-0.2, -0.15) is 0 Å². The normalized spacial score (nSPS) is 19.1. The van der Waals surface area contributed by atoms with E-state index in [-0.39, 0.29) is 24.3 Å². The maximum absolute atomic E-state index is 12.4. The number of nitrogens with zero attached hydrogens (tertiary/aromatic N) is 1. The van der Waals surface area contributed by atoms with Crippen molar-refractivity contribution in [3.63, 3.8) is 0 Å². The van der Waals surface area contributed by atoms with E-state index in [0.29, 0.717) is 45.3 Å². The largest absolute Gasteiger partial charge is 0.396 e. The first kappa shape index (κ1) is 17.9. The van der Waals surface area contributed by atoms with Crippen LogP contribution in [0.5, 0.6) is 0 Å². The molecule has 2 amide bonds. The molecule has 6 heteroatoms. The third-order valence-corrected chi connectivity index (χ3v) is 4.04. The summed E-state index contributed by atoms with van der Waals surface area (Å²) in [6.07, 6.45) is 3.49. The van der Waals surface area contributed by atoms with Crippen LogP contribution in [0.25, 0.3) is 0 Å². The fourth-order valence-corrected chi connectivity index (χ4v) is 2.77. The zero-order valence-corrected chi connectivity index (χ0v) is 13.2. The fraction of sp³-hybridized carbons (Fsp3) is 0.867. The Bertz CT molecular complexity index is 350. The molecular formula is C15H29N3O3. The molecule has 0 aromatic heterocycles. The molecule has 0 aromatic carbocycles. The number of likely N-dealkylation sites (tertiary alicyclic amines) is 1. The van der Waals surface area contributed by atoms with Crippen LogP contribution >= 0.6 is 0 Å². The number of hydrogen-bond acceptors (Lipinski definition) is 4. The van der Waals surface area contributed by atoms with Crippen molar-refractivity contribution in [1.82, 2.24) is 10.2 Å². The number of amides is 2. The second-order valence-corrected chi connectivity index (χ2v) is 6.10. The molecule has 1 atom stereocenters. The Morgan fingerprint density at radius 1 is 1.38 bits per heavy atom. The van der Waals surface area contributed by atoms with Gasteiger partial charge in [0, 0.05) is 32.2 Å². The van der Waals surface area contributed by atoms with E-state index in [1.54, 1.807) is 11.8 Å². The van der Waals surface area contributed by atoms with Crippen molar-refractivity contribution in [2.45, 2.75) is 51.5 Å². The van der Waals surface area contributed by atoms with Crippen LogP contribution in [-0.4, -0.2) is 53.6 Å². The Hall–Kier alpha value is -1.14. The number of carbonyl (C=O) groups excluding carboxylic acids is 2. The molecule has 0 aliphatic carbocycles. The van der Waals surface area contributed by atoms with Gasteiger partial charge < -0.3 is 21.1 Å². The number of hydrogen-bond donors (Lipinski definition) is 3. The number of rotatable bonds is 7. The number of carbonyl (C=O) groups is 2. The van der Waals surface area contributed by atoms with Crippen LogP contribution in [0, 0.1) is 5.92 Å². The van der Waals surface area contributed by atoms with Crippen molar-refractivity contribution in [3.8, 4) is 0 Å². The van der Waals surface area contributed by atoms with E-state index in [4.69, 9.17) is 10.8 Å². The molecule has 122 valence electrons. The van der Waals surface area contributed by atoms with Gasteiger partial charge in [0.2, 0.25) is 11.8 Å². The van der Waals surface area contributed by atoms with Crippen LogP contribution in [0.15, 0.2) is 0 Å². The lowest BCUT2D eigenvalue weighted by Crippen LogP contribution is -2.55. The van der Waals surface area contributed by atoms with Crippen molar-refractivity contribution in [2.75, 3.05) is 26.2 Å². The number of piperidine rings is 1. The van der Waals surface area contributed by atoms with E-state index in [2.05, 4.69) is 5.32 Å². The summed E-state index contributed by atoms with van der Waals surface area (Å²) in [4.78, 5) is 26.1. The molecule has 1 saturated heterocycles. The van der Waals surface area contributed by atoms with Gasteiger partial charge in [0.05, 0.1) is 5.54 Å². The minimum Gasteiger partial charge on any atom is -0.396 e. The van der Waals surface area contributed by atoms with Crippen LogP contribution in [0.2, 0.25) is 0 Å². The van der Waals surface area contributed by atoms with Gasteiger partial charge in [0.25, 0.3) is 0 Å². The molecular weight excluding hydrogens is 270 g/mol. The van der Waals surface area contributed by atoms with E-state index in [9.17, 15) is 9.59 Å². The van der Waals surface area contributed by atoms with E-state index >= 15 is 0 Å². The molecule has 0 bridgehead atoms. The zero-order chi connectivity index (χ0) is 15.9. The summed E-state index contributed by atoms with van der Waals surface area (Å²) in [5, 5.41) is 11.5. The molecule has 1 unspecified atom stereocenters. The summed E-state index contributed by atoms with van der Waals surface area (Å²) in [6.45, 7) is 5.57. The smallest absolute Gasteiger partial charge is 0.242 e. The highest BCUT2D eigenvalue weighted by molar-refractivity contribution is 5.86. The van der Waals surface area contributed by atoms with E-state index < -0.39 is 5.54 Å². The molecule has 4 N–H and O–H groups in total. The maximum Gasteiger partial charge on any atom is 0.242 e. The van der Waals surface area contributed by atoms with E-state index in [1.807, 2.05) is 6.92 Å². The van der Waals surface area contributed by atoms with Gasteiger partial charge in [0.1, 0.15) is 0 Å². The monoisotopic (exact) mass is 299 g/mol. The van der Waals surface area contributed by atoms with Crippen LogP contribution in [0.1, 0.15) is 46.0 Å². The molecule has 1 aliphatic rings. The van der Waals surface area contributed by atoms with Crippen LogP contribution in [0.3, 0.4) is 0 Å². The van der Waals surface area contributed by atoms with Crippen LogP contribution in [0.4, 0.5) is 0 Å². The summed E-state index contributed by atoms with van der Waals surface area (Å²) in [6, 6.07) is 0. The first-order valence-corrected chi connectivity index (χ1v) is 7.89. The van der Waals surface area contributed by atoms with Crippen molar-refractivity contribution < 1.29 is 14.7 Å². The second kappa shape index (κ2) is 8.34. The standard InChI is InChI=1S/C15H29N3O3/c1-3-7-15(2,16)14(21)18-9-5-12(6-10-18)13(20)17-8-4-11-19/h12,19H,3-11,16H2,1-2H3,(H,17,20). The van der Waals surface area contributed by atoms with Gasteiger partial charge >= 0.3 is 0 Å². The van der Waals surface area contributed by atoms with E-state index in [1.165, 1.54) is 0 Å². The second-order valence-electron chi connectivity index (χ2n) is 6.10. The number of aliphatic hydroxyl groups is 1. The minimum absolute atomic E-state index is 0.0107. The average Bonchev–Trinajstić information content (AvgIpc) is 2.46. The molecule has 0 saturated carbocycles. The third kappa shape index (κ3) is 5.28. The summed E-state index contributed by atoms with van der Waals surface area (Å²) in [5.74, 6) is -0.0222. The molecule has 1 aliphatic heterocycles. The van der Waals surface area contributed by atoms with Crippen molar-refractivity contribution >= 4 is 11.8 Å². The minimum atomic E-state index is -0.801. The molecule has 0 spiro atoms. The first-order chi connectivity index (χ1) is 9.92. The fourth-order valence-electron chi connectivity index (χ4n) is 2.77. The van der Waals surface area contributed by atoms with E-state index in [0.717, 1.165) is 6.42 Å². The highest BCUT2D eigenvalue weighted by Gasteiger charge is 2.35. The lowest BCUT2D eigenvalue weighted by Gasteiger charge is -2.36. The van der Waals surface area contributed by atoms with Gasteiger partial charge in [-0.15, -0.1) is 0 Å². The summed E-state index contributed by atoms with van der Waals surface area (Å²) in [7, 11) is 0. The summed E-state index contributed by atoms with van der Waals surface area (Å²) < 4.78 is 0. The number of nitrogens with two attached hydrogens (primary N) is 1. The molecule has 1 rings (SSSR count). The molecule has 1 fully saturated rings. The molecule has 21 heavy (non-hydrogen) atoms. The van der Waals surface area contributed by atoms with Gasteiger partial charge in [-0.25, -0.2) is 0 Å². The number of nitrogens with one attached hydrogen (secondary N) is 1. The Morgan fingerprint density at radius 2 is 2.00 bits per heavy atom. The predicted octanol–water partition coefficient (Wildman–Crippen LogP) is 0.241. The van der Waals surface area contributed by atoms with Crippen LogP contribution < -0.4 is 11.1 Å². The molecule has 0 radical (unpaired) electrons. The lowest BCUT2D eigenvalue weighted by atomic mass is 9.91. The quantitative estimate of drug-likeness (QED) is 0.587. The Labute approximate surface area is 127 Å². The predicted molar refractivity (Wildman–Crippen MR) is 81.5 cm³/mol. The molecule has 0 aromatic rings. The van der Waals surface area contributed by atoms with Gasteiger partial charge in [-0.05, 0) is 32.6 Å². The maximum atomic E-state index is 12.4. The summed E-state index contributed by atoms with van der Waals surface area (Å²) >= 11 is 0. The first-order valence-electron chi connectivity index (χ1n) is 7.89. The van der Waals surface area contributed by atoms with Crippen LogP contribution in [-0.2, 0) is 9.59 Å². The SMILES string of the molecule is CCCC(C)(N)C(=O)N1CCC(C(=O)NCCCO)CC1.